The zero-order valence-electron chi connectivity index (χ0n) is 23.2. The van der Waals surface area contributed by atoms with Crippen molar-refractivity contribution >= 4 is 35.7 Å². The minimum atomic E-state index is -1.18. The summed E-state index contributed by atoms with van der Waals surface area (Å²) in [5, 5.41) is 16.7. The van der Waals surface area contributed by atoms with Crippen molar-refractivity contribution in [3.63, 3.8) is 0 Å². The predicted octanol–water partition coefficient (Wildman–Crippen LogP) is 3.26. The van der Waals surface area contributed by atoms with Crippen molar-refractivity contribution in [1.82, 2.24) is 15.5 Å². The van der Waals surface area contributed by atoms with Gasteiger partial charge < -0.3 is 30.5 Å². The van der Waals surface area contributed by atoms with Crippen molar-refractivity contribution in [2.24, 2.45) is 0 Å². The van der Waals surface area contributed by atoms with Crippen LogP contribution in [0.2, 0.25) is 0 Å². The third-order valence-electron chi connectivity index (χ3n) is 5.18. The minimum absolute atomic E-state index is 0.0653. The van der Waals surface area contributed by atoms with E-state index in [9.17, 15) is 29.1 Å². The first-order valence-electron chi connectivity index (χ1n) is 12.4. The zero-order chi connectivity index (χ0) is 29.1. The number of alkyl carbamates (subject to hydrolysis) is 1. The first-order valence-corrected chi connectivity index (χ1v) is 12.4. The number of benzene rings is 1. The lowest BCUT2D eigenvalue weighted by atomic mass is 10.2. The van der Waals surface area contributed by atoms with E-state index in [4.69, 9.17) is 9.47 Å². The second-order valence-electron chi connectivity index (χ2n) is 9.99. The van der Waals surface area contributed by atoms with Crippen LogP contribution in [-0.4, -0.2) is 70.8 Å². The van der Waals surface area contributed by atoms with Gasteiger partial charge in [-0.3, -0.25) is 14.5 Å². The molecule has 1 aromatic carbocycles. The molecule has 12 heteroatoms. The van der Waals surface area contributed by atoms with E-state index in [1.807, 2.05) is 0 Å². The molecule has 2 rings (SSSR count). The molecule has 1 aliphatic rings. The van der Waals surface area contributed by atoms with Crippen molar-refractivity contribution in [3.8, 4) is 0 Å². The Balaban J connectivity index is 0.00000229. The van der Waals surface area contributed by atoms with Crippen LogP contribution < -0.4 is 16.0 Å². The third kappa shape index (κ3) is 10.7. The fourth-order valence-electron chi connectivity index (χ4n) is 2.99. The average Bonchev–Trinajstić information content (AvgIpc) is 3.63. The van der Waals surface area contributed by atoms with Gasteiger partial charge in [-0.1, -0.05) is 32.4 Å². The van der Waals surface area contributed by atoms with Gasteiger partial charge in [0.2, 0.25) is 11.8 Å². The van der Waals surface area contributed by atoms with E-state index in [1.165, 1.54) is 20.4 Å². The number of nitrogens with one attached hydrogen (secondary N) is 3. The van der Waals surface area contributed by atoms with Crippen molar-refractivity contribution in [2.75, 3.05) is 18.9 Å². The van der Waals surface area contributed by atoms with Gasteiger partial charge in [-0.25, -0.2) is 14.4 Å². The molecule has 4 N–H and O–H groups in total. The number of ether oxygens (including phenoxy) is 2. The van der Waals surface area contributed by atoms with Crippen LogP contribution in [0.1, 0.15) is 66.4 Å². The summed E-state index contributed by atoms with van der Waals surface area (Å²) < 4.78 is 10.2. The lowest BCUT2D eigenvalue weighted by Gasteiger charge is -2.23. The van der Waals surface area contributed by atoms with Crippen LogP contribution in [0.3, 0.4) is 0 Å². The molecule has 1 aliphatic carbocycles. The smallest absolute Gasteiger partial charge is 0.410 e. The molecule has 12 nitrogen and oxygen atoms in total. The van der Waals surface area contributed by atoms with Crippen LogP contribution in [0.4, 0.5) is 15.3 Å². The third-order valence-corrected chi connectivity index (χ3v) is 5.18. The summed E-state index contributed by atoms with van der Waals surface area (Å²) in [6, 6.07) is 5.61. The van der Waals surface area contributed by atoms with Crippen LogP contribution >= 0.6 is 0 Å². The molecule has 212 valence electrons. The first kappa shape index (κ1) is 32.2. The van der Waals surface area contributed by atoms with Crippen molar-refractivity contribution in [2.45, 2.75) is 84.6 Å². The normalized spacial score (nSPS) is 14.0. The first-order chi connectivity index (χ1) is 17.6. The summed E-state index contributed by atoms with van der Waals surface area (Å²) in [5.74, 6) is -2.09. The number of anilines is 1. The molecule has 1 fully saturated rings. The lowest BCUT2D eigenvalue weighted by molar-refractivity contribution is -0.144. The molecule has 1 unspecified atom stereocenters. The Morgan fingerprint density at radius 3 is 2.11 bits per heavy atom. The van der Waals surface area contributed by atoms with Crippen LogP contribution in [-0.2, 0) is 30.5 Å². The van der Waals surface area contributed by atoms with E-state index in [0.29, 0.717) is 24.1 Å². The van der Waals surface area contributed by atoms with Crippen LogP contribution in [0.5, 0.6) is 0 Å². The van der Waals surface area contributed by atoms with Crippen molar-refractivity contribution < 1.29 is 38.6 Å². The van der Waals surface area contributed by atoms with Crippen LogP contribution in [0.15, 0.2) is 24.3 Å². The quantitative estimate of drug-likeness (QED) is 0.374. The summed E-state index contributed by atoms with van der Waals surface area (Å²) in [6.45, 7) is 10.4. The summed E-state index contributed by atoms with van der Waals surface area (Å²) in [7, 11) is 1.40. The molecule has 0 aromatic heterocycles. The predicted molar refractivity (Wildman–Crippen MR) is 140 cm³/mol. The van der Waals surface area contributed by atoms with Gasteiger partial charge in [-0.2, -0.15) is 0 Å². The van der Waals surface area contributed by atoms with Crippen molar-refractivity contribution in [1.29, 1.82) is 0 Å². The van der Waals surface area contributed by atoms with Gasteiger partial charge in [0, 0.05) is 12.7 Å². The van der Waals surface area contributed by atoms with E-state index in [0.717, 1.165) is 4.90 Å². The highest BCUT2D eigenvalue weighted by molar-refractivity contribution is 5.97. The molecular weight excluding hydrogens is 496 g/mol. The highest BCUT2D eigenvalue weighted by atomic mass is 16.6. The maximum absolute atomic E-state index is 12.3. The fourth-order valence-corrected chi connectivity index (χ4v) is 2.99. The van der Waals surface area contributed by atoms with Crippen molar-refractivity contribution in [3.05, 3.63) is 29.8 Å². The molecule has 1 atom stereocenters. The van der Waals surface area contributed by atoms with Crippen LogP contribution in [0.25, 0.3) is 0 Å². The largest absolute Gasteiger partial charge is 0.479 e. The second-order valence-corrected chi connectivity index (χ2v) is 9.99. The van der Waals surface area contributed by atoms with Crippen LogP contribution in [0, 0.1) is 0 Å². The molecular formula is C26H40N4O8. The van der Waals surface area contributed by atoms with E-state index < -0.39 is 47.2 Å². The molecule has 0 bridgehead atoms. The lowest BCUT2D eigenvalue weighted by Crippen LogP contribution is -2.46. The van der Waals surface area contributed by atoms with Gasteiger partial charge in [-0.15, -0.1) is 0 Å². The number of amides is 4. The molecule has 0 saturated heterocycles. The van der Waals surface area contributed by atoms with E-state index in [2.05, 4.69) is 29.8 Å². The van der Waals surface area contributed by atoms with Gasteiger partial charge in [-0.05, 0) is 58.2 Å². The summed E-state index contributed by atoms with van der Waals surface area (Å²) in [4.78, 5) is 60.5. The monoisotopic (exact) mass is 536 g/mol. The molecule has 38 heavy (non-hydrogen) atoms. The molecule has 0 heterocycles. The minimum Gasteiger partial charge on any atom is -0.479 e. The van der Waals surface area contributed by atoms with E-state index in [1.54, 1.807) is 45.0 Å². The Bertz CT molecular complexity index is 984. The Morgan fingerprint density at radius 1 is 1.08 bits per heavy atom. The molecule has 4 amide bonds. The van der Waals surface area contributed by atoms with Gasteiger partial charge in [0.05, 0.1) is 0 Å². The number of carboxylic acids is 1. The molecule has 0 radical (unpaired) electrons. The molecule has 1 aromatic rings. The number of hydrogen-bond donors (Lipinski definition) is 4. The maximum atomic E-state index is 12.3. The van der Waals surface area contributed by atoms with Gasteiger partial charge in [0.25, 0.3) is 0 Å². The summed E-state index contributed by atoms with van der Waals surface area (Å²) in [6.07, 6.45) is 0.562. The zero-order valence-corrected chi connectivity index (χ0v) is 23.2. The molecule has 0 spiro atoms. The Labute approximate surface area is 223 Å². The number of nitrogens with zero attached hydrogens (tertiary/aromatic N) is 1. The number of carbonyl (C=O) groups excluding carboxylic acids is 4. The van der Waals surface area contributed by atoms with Gasteiger partial charge in [0.15, 0.2) is 0 Å². The highest BCUT2D eigenvalue weighted by Crippen LogP contribution is 2.41. The number of rotatable bonds is 9. The standard InChI is InChI=1S/C23H32N4O8.C3H8/c1-14(25-17(28)12-24-20(32)35-22(2,3)4)18(29)26-16-8-6-15(7-9-16)13-34-21(33)27(5)23(10-11-23)19(30)31;1-3-2/h6-9,14H,10-13H2,1-5H3,(H,24,32)(H,25,28)(H,26,29)(H,30,31);3H2,1-2H3. The van der Waals surface area contributed by atoms with Gasteiger partial charge in [0.1, 0.15) is 30.3 Å². The SMILES string of the molecule is CC(NC(=O)CNC(=O)OC(C)(C)C)C(=O)Nc1ccc(COC(=O)N(C)C2(C(=O)O)CC2)cc1.CCC. The number of likely N-dealkylation sites (N-methyl/N-ethyl adjacent to an activating group) is 1. The Morgan fingerprint density at radius 2 is 1.63 bits per heavy atom. The number of hydrogen-bond acceptors (Lipinski definition) is 7. The van der Waals surface area contributed by atoms with Gasteiger partial charge >= 0.3 is 18.2 Å². The Hall–Kier alpha value is -3.83. The number of carbonyl (C=O) groups is 5. The second kappa shape index (κ2) is 14.2. The fraction of sp³-hybridized carbons (Fsp3) is 0.577. The number of carboxylic acid groups (broad SMARTS) is 1. The number of aliphatic carboxylic acids is 1. The molecule has 1 saturated carbocycles. The van der Waals surface area contributed by atoms with E-state index >= 15 is 0 Å². The Kier molecular flexibility index (Phi) is 12.0. The maximum Gasteiger partial charge on any atom is 0.410 e. The average molecular weight is 537 g/mol. The van der Waals surface area contributed by atoms with E-state index in [-0.39, 0.29) is 13.2 Å². The molecule has 0 aliphatic heterocycles. The highest BCUT2D eigenvalue weighted by Gasteiger charge is 2.56. The summed E-state index contributed by atoms with van der Waals surface area (Å²) in [5.41, 5.74) is -0.776. The topological polar surface area (TPSA) is 163 Å². The summed E-state index contributed by atoms with van der Waals surface area (Å²) >= 11 is 0.